The third-order valence-corrected chi connectivity index (χ3v) is 4.01. The number of aliphatic imine (C=N–C) groups is 1. The van der Waals surface area contributed by atoms with Crippen molar-refractivity contribution < 1.29 is 18.4 Å². The summed E-state index contributed by atoms with van der Waals surface area (Å²) in [5.74, 6) is 1.65. The predicted octanol–water partition coefficient (Wildman–Crippen LogP) is 1.91. The average Bonchev–Trinajstić information content (AvgIpc) is 3.05. The Kier molecular flexibility index (Phi) is 6.43. The fourth-order valence-corrected chi connectivity index (χ4v) is 2.60. The van der Waals surface area contributed by atoms with Crippen molar-refractivity contribution in [3.05, 3.63) is 41.0 Å². The molecule has 1 aromatic heterocycles. The molecule has 0 unspecified atom stereocenters. The van der Waals surface area contributed by atoms with Gasteiger partial charge in [-0.15, -0.1) is 6.42 Å². The van der Waals surface area contributed by atoms with E-state index in [0.717, 1.165) is 0 Å². The first-order valence-corrected chi connectivity index (χ1v) is 9.87. The molecule has 0 radical (unpaired) electrons. The van der Waals surface area contributed by atoms with E-state index in [1.165, 1.54) is 18.2 Å². The van der Waals surface area contributed by atoms with Crippen molar-refractivity contribution in [1.82, 2.24) is 15.8 Å². The highest BCUT2D eigenvalue weighted by atomic mass is 32.2. The van der Waals surface area contributed by atoms with Gasteiger partial charge < -0.3 is 0 Å². The van der Waals surface area contributed by atoms with Crippen molar-refractivity contribution in [3.63, 3.8) is 0 Å². The summed E-state index contributed by atoms with van der Waals surface area (Å²) in [4.78, 5) is 4.16. The van der Waals surface area contributed by atoms with Gasteiger partial charge in [0.15, 0.2) is 11.5 Å². The lowest BCUT2D eigenvalue weighted by atomic mass is 10.2. The highest BCUT2D eigenvalue weighted by Gasteiger charge is 2.16. The smallest absolute Gasteiger partial charge is 0.181 e. The Balaban J connectivity index is 2.22. The van der Waals surface area contributed by atoms with Crippen LogP contribution in [-0.4, -0.2) is 44.6 Å². The summed E-state index contributed by atoms with van der Waals surface area (Å²) in [5.41, 5.74) is 2.94. The van der Waals surface area contributed by atoms with Crippen LogP contribution >= 0.6 is 0 Å². The van der Waals surface area contributed by atoms with Gasteiger partial charge in [-0.25, -0.2) is 18.4 Å². The van der Waals surface area contributed by atoms with E-state index in [0.29, 0.717) is 30.8 Å². The lowest BCUT2D eigenvalue weighted by Crippen LogP contribution is -2.22. The Labute approximate surface area is 150 Å². The van der Waals surface area contributed by atoms with Crippen molar-refractivity contribution in [3.8, 4) is 12.3 Å². The van der Waals surface area contributed by atoms with Crippen molar-refractivity contribution in [2.24, 2.45) is 9.36 Å². The van der Waals surface area contributed by atoms with E-state index in [1.807, 2.05) is 5.48 Å². The number of aromatic nitrogens is 2. The minimum Gasteiger partial charge on any atom is -0.290 e. The van der Waals surface area contributed by atoms with Crippen LogP contribution in [0.5, 0.6) is 0 Å². The van der Waals surface area contributed by atoms with Gasteiger partial charge in [0.1, 0.15) is 11.5 Å². The number of hydrogen-bond acceptors (Lipinski definition) is 7. The second-order valence-corrected chi connectivity index (χ2v) is 8.20. The minimum atomic E-state index is -2.15. The predicted molar refractivity (Wildman–Crippen MR) is 95.4 cm³/mol. The maximum Gasteiger partial charge on any atom is 0.181 e. The number of amidine groups is 1. The molecule has 0 bridgehead atoms. The van der Waals surface area contributed by atoms with Gasteiger partial charge in [-0.2, -0.15) is 0 Å². The van der Waals surface area contributed by atoms with Crippen LogP contribution in [0.25, 0.3) is 0 Å². The molecule has 0 spiro atoms. The lowest BCUT2D eigenvalue weighted by Gasteiger charge is -2.04. The van der Waals surface area contributed by atoms with Gasteiger partial charge in [-0.05, 0) is 36.2 Å². The van der Waals surface area contributed by atoms with Crippen LogP contribution in [0.15, 0.2) is 32.2 Å². The maximum absolute atomic E-state index is 13.5. The van der Waals surface area contributed by atoms with Crippen molar-refractivity contribution in [2.75, 3.05) is 19.1 Å². The molecule has 0 saturated heterocycles. The van der Waals surface area contributed by atoms with Gasteiger partial charge in [0.05, 0.1) is 11.3 Å². The van der Waals surface area contributed by atoms with Crippen molar-refractivity contribution in [2.45, 2.75) is 12.8 Å². The molecule has 0 aliphatic heterocycles. The molecule has 26 heavy (non-hydrogen) atoms. The van der Waals surface area contributed by atoms with Gasteiger partial charge in [-0.3, -0.25) is 14.9 Å². The Hall–Kier alpha value is -2.77. The summed E-state index contributed by atoms with van der Waals surface area (Å²) < 4.78 is 33.8. The van der Waals surface area contributed by atoms with E-state index in [2.05, 4.69) is 25.6 Å². The molecule has 0 saturated carbocycles. The van der Waals surface area contributed by atoms with Crippen LogP contribution in [0.3, 0.4) is 0 Å². The summed E-state index contributed by atoms with van der Waals surface area (Å²) in [6, 6.07) is 3.94. The zero-order chi connectivity index (χ0) is 19.2. The van der Waals surface area contributed by atoms with E-state index in [1.54, 1.807) is 12.5 Å². The Morgan fingerprint density at radius 2 is 2.23 bits per heavy atom. The summed E-state index contributed by atoms with van der Waals surface area (Å²) in [5, 5.41) is 16.9. The first kappa shape index (κ1) is 19.6. The van der Waals surface area contributed by atoms with Crippen LogP contribution in [0.2, 0.25) is 0 Å². The summed E-state index contributed by atoms with van der Waals surface area (Å²) in [6.07, 6.45) is 9.34. The van der Waals surface area contributed by atoms with E-state index in [4.69, 9.17) is 11.1 Å². The molecule has 138 valence electrons. The number of benzene rings is 1. The van der Waals surface area contributed by atoms with Gasteiger partial charge in [0.2, 0.25) is 0 Å². The number of nitrogens with zero attached hydrogens (tertiary/aromatic N) is 4. The van der Waals surface area contributed by atoms with E-state index in [-0.39, 0.29) is 17.1 Å². The lowest BCUT2D eigenvalue weighted by molar-refractivity contribution is 0.234. The second-order valence-electron chi connectivity index (χ2n) is 5.58. The Morgan fingerprint density at radius 3 is 2.88 bits per heavy atom. The Morgan fingerprint density at radius 1 is 1.46 bits per heavy atom. The van der Waals surface area contributed by atoms with E-state index < -0.39 is 15.5 Å². The Bertz CT molecular complexity index is 963. The van der Waals surface area contributed by atoms with E-state index >= 15 is 0 Å². The molecule has 10 heteroatoms. The zero-order valence-electron chi connectivity index (χ0n) is 14.3. The summed E-state index contributed by atoms with van der Waals surface area (Å²) in [7, 11) is -2.15. The topological polar surface area (TPSA) is 113 Å². The molecule has 2 N–H and O–H groups in total. The monoisotopic (exact) mass is 379 g/mol. The molecule has 8 nitrogen and oxygen atoms in total. The summed E-state index contributed by atoms with van der Waals surface area (Å²) in [6.45, 7) is 0.390. The van der Waals surface area contributed by atoms with Crippen LogP contribution in [0, 0.1) is 18.2 Å². The third kappa shape index (κ3) is 5.37. The largest absolute Gasteiger partial charge is 0.290 e. The first-order valence-electron chi connectivity index (χ1n) is 7.53. The van der Waals surface area contributed by atoms with Crippen LogP contribution in [0.4, 0.5) is 10.1 Å². The molecule has 0 fully saturated rings. The number of terminal acetylenes is 1. The first-order chi connectivity index (χ1) is 12.3. The van der Waals surface area contributed by atoms with Gasteiger partial charge in [-0.1, -0.05) is 11.1 Å². The second kappa shape index (κ2) is 8.55. The van der Waals surface area contributed by atoms with Crippen molar-refractivity contribution in [1.29, 1.82) is 0 Å². The standard InChI is InChI=1S/C16H18FN5O3S/c1-4-11-10-12(7-8-13(11)17)19-16(20-23)15-14(21-25-22-15)6-5-9-18-26(2,3)24/h1,7-8,10,23H,5-6,9H2,2-3H3,(H,19,20). The van der Waals surface area contributed by atoms with Crippen LogP contribution in [0.1, 0.15) is 23.4 Å². The molecular weight excluding hydrogens is 361 g/mol. The number of nitrogens with one attached hydrogen (secondary N) is 1. The number of hydrogen-bond donors (Lipinski definition) is 2. The fraction of sp³-hybridized carbons (Fsp3) is 0.312. The molecule has 1 heterocycles. The molecule has 0 aliphatic carbocycles. The van der Waals surface area contributed by atoms with Gasteiger partial charge in [0.25, 0.3) is 0 Å². The van der Waals surface area contributed by atoms with Crippen molar-refractivity contribution >= 4 is 21.3 Å². The summed E-state index contributed by atoms with van der Waals surface area (Å²) >= 11 is 0. The molecule has 0 amide bonds. The van der Waals surface area contributed by atoms with Crippen LogP contribution in [-0.2, 0) is 16.1 Å². The molecule has 1 aromatic carbocycles. The molecule has 0 aliphatic rings. The highest BCUT2D eigenvalue weighted by molar-refractivity contribution is 7.92. The van der Waals surface area contributed by atoms with Gasteiger partial charge >= 0.3 is 0 Å². The maximum atomic E-state index is 13.5. The third-order valence-electron chi connectivity index (χ3n) is 3.21. The quantitative estimate of drug-likeness (QED) is 0.261. The molecule has 2 rings (SSSR count). The van der Waals surface area contributed by atoms with E-state index in [9.17, 15) is 13.8 Å². The molecule has 2 aromatic rings. The SMILES string of the molecule is C#Cc1cc(N=C(NO)c2nonc2CCCN=S(C)(C)=O)ccc1F. The highest BCUT2D eigenvalue weighted by Crippen LogP contribution is 2.18. The molecule has 0 atom stereocenters. The molecular formula is C16H18FN5O3S. The fourth-order valence-electron chi connectivity index (χ4n) is 2.03. The number of halogens is 1. The number of rotatable bonds is 6. The average molecular weight is 379 g/mol. The van der Waals surface area contributed by atoms with Crippen LogP contribution < -0.4 is 5.48 Å². The van der Waals surface area contributed by atoms with Gasteiger partial charge in [0, 0.05) is 28.8 Å². The normalized spacial score (nSPS) is 11.9. The zero-order valence-corrected chi connectivity index (χ0v) is 15.1. The number of aryl methyl sites for hydroxylation is 1. The minimum absolute atomic E-state index is 0.0254. The number of hydroxylamine groups is 1.